The molecule has 1 aliphatic heterocycles. The maximum Gasteiger partial charge on any atom is 0.258 e. The Morgan fingerprint density at radius 2 is 2.21 bits per heavy atom. The second-order valence-electron chi connectivity index (χ2n) is 4.83. The van der Waals surface area contributed by atoms with Crippen LogP contribution in [0.4, 0.5) is 0 Å². The number of thiazole rings is 1. The van der Waals surface area contributed by atoms with Gasteiger partial charge < -0.3 is 14.9 Å². The fourth-order valence-electron chi connectivity index (χ4n) is 2.22. The lowest BCUT2D eigenvalue weighted by molar-refractivity contribution is -0.0228. The third-order valence-corrected chi connectivity index (χ3v) is 4.13. The number of piperidine rings is 1. The molecule has 0 radical (unpaired) electrons. The quantitative estimate of drug-likeness (QED) is 0.872. The van der Waals surface area contributed by atoms with Crippen molar-refractivity contribution in [3.8, 4) is 0 Å². The molecule has 0 aromatic carbocycles. The first-order chi connectivity index (χ1) is 9.16. The van der Waals surface area contributed by atoms with Crippen molar-refractivity contribution in [3.05, 3.63) is 27.8 Å². The largest absolute Gasteiger partial charge is 0.380 e. The molecule has 0 spiro atoms. The lowest BCUT2D eigenvalue weighted by Gasteiger charge is -2.28. The summed E-state index contributed by atoms with van der Waals surface area (Å²) in [4.78, 5) is 8.69. The second-order valence-corrected chi connectivity index (χ2v) is 5.89. The smallest absolute Gasteiger partial charge is 0.258 e. The molecule has 2 aromatic rings. The summed E-state index contributed by atoms with van der Waals surface area (Å²) in [5.41, 5.74) is -0.0405. The van der Waals surface area contributed by atoms with Gasteiger partial charge in [0.25, 0.3) is 5.89 Å². The maximum atomic E-state index is 10.5. The summed E-state index contributed by atoms with van der Waals surface area (Å²) in [6.07, 6.45) is 1.75. The second kappa shape index (κ2) is 4.99. The van der Waals surface area contributed by atoms with Gasteiger partial charge in [0.05, 0.1) is 17.1 Å². The molecule has 0 saturated carbocycles. The van der Waals surface area contributed by atoms with Crippen molar-refractivity contribution in [3.63, 3.8) is 0 Å². The minimum atomic E-state index is -0.978. The number of aromatic nitrogens is 3. The molecule has 0 atom stereocenters. The molecule has 1 fully saturated rings. The van der Waals surface area contributed by atoms with Gasteiger partial charge in [-0.15, -0.1) is 11.3 Å². The zero-order valence-electron chi connectivity index (χ0n) is 10.7. The van der Waals surface area contributed by atoms with E-state index in [-0.39, 0.29) is 0 Å². The van der Waals surface area contributed by atoms with E-state index in [1.54, 1.807) is 11.3 Å². The molecule has 3 heterocycles. The monoisotopic (exact) mass is 280 g/mol. The van der Waals surface area contributed by atoms with Gasteiger partial charge in [-0.05, 0) is 32.9 Å². The van der Waals surface area contributed by atoms with Crippen LogP contribution in [0.3, 0.4) is 0 Å². The van der Waals surface area contributed by atoms with Gasteiger partial charge in [0.15, 0.2) is 5.82 Å². The van der Waals surface area contributed by atoms with Crippen molar-refractivity contribution in [2.75, 3.05) is 13.1 Å². The molecular formula is C12H16N4O2S. The van der Waals surface area contributed by atoms with Crippen LogP contribution < -0.4 is 5.32 Å². The molecule has 0 amide bonds. The molecule has 0 aliphatic carbocycles. The Labute approximate surface area is 114 Å². The van der Waals surface area contributed by atoms with E-state index in [1.165, 1.54) is 0 Å². The topological polar surface area (TPSA) is 84.1 Å². The van der Waals surface area contributed by atoms with Gasteiger partial charge in [0.1, 0.15) is 5.60 Å². The van der Waals surface area contributed by atoms with Gasteiger partial charge >= 0.3 is 0 Å². The van der Waals surface area contributed by atoms with Gasteiger partial charge in [-0.3, -0.25) is 0 Å². The number of nitrogens with one attached hydrogen (secondary N) is 1. The standard InChI is InChI=1S/C12H16N4O2S/c1-8-14-9(7-19-8)6-10-15-11(18-16-10)12(17)2-4-13-5-3-12/h7,13,17H,2-6H2,1H3. The third-order valence-electron chi connectivity index (χ3n) is 3.30. The van der Waals surface area contributed by atoms with Crippen molar-refractivity contribution in [1.29, 1.82) is 0 Å². The summed E-state index contributed by atoms with van der Waals surface area (Å²) in [5.74, 6) is 0.906. The SMILES string of the molecule is Cc1nc(Cc2noc(C3(O)CCNCC3)n2)cs1. The molecule has 0 bridgehead atoms. The van der Waals surface area contributed by atoms with E-state index in [9.17, 15) is 5.11 Å². The Kier molecular flexibility index (Phi) is 3.34. The van der Waals surface area contributed by atoms with Crippen LogP contribution in [0.5, 0.6) is 0 Å². The van der Waals surface area contributed by atoms with Gasteiger partial charge in [0, 0.05) is 5.38 Å². The minimum Gasteiger partial charge on any atom is -0.380 e. The van der Waals surface area contributed by atoms with Crippen molar-refractivity contribution < 1.29 is 9.63 Å². The lowest BCUT2D eigenvalue weighted by atomic mass is 9.92. The molecule has 1 aliphatic rings. The van der Waals surface area contributed by atoms with Gasteiger partial charge in [-0.2, -0.15) is 4.98 Å². The number of aliphatic hydroxyl groups is 1. The van der Waals surface area contributed by atoms with Crippen LogP contribution in [-0.4, -0.2) is 33.3 Å². The Hall–Kier alpha value is -1.31. The summed E-state index contributed by atoms with van der Waals surface area (Å²) >= 11 is 1.60. The molecule has 2 N–H and O–H groups in total. The summed E-state index contributed by atoms with van der Waals surface area (Å²) in [7, 11) is 0. The van der Waals surface area contributed by atoms with E-state index >= 15 is 0 Å². The van der Waals surface area contributed by atoms with Crippen molar-refractivity contribution in [2.45, 2.75) is 31.8 Å². The number of aryl methyl sites for hydroxylation is 1. The predicted molar refractivity (Wildman–Crippen MR) is 70.0 cm³/mol. The molecular weight excluding hydrogens is 264 g/mol. The van der Waals surface area contributed by atoms with E-state index in [0.717, 1.165) is 23.8 Å². The Bertz CT molecular complexity index is 560. The highest BCUT2D eigenvalue weighted by Gasteiger charge is 2.36. The van der Waals surface area contributed by atoms with E-state index < -0.39 is 5.60 Å². The van der Waals surface area contributed by atoms with Gasteiger partial charge in [-0.25, -0.2) is 4.98 Å². The van der Waals surface area contributed by atoms with Crippen molar-refractivity contribution in [1.82, 2.24) is 20.4 Å². The van der Waals surface area contributed by atoms with Gasteiger partial charge in [0.2, 0.25) is 0 Å². The molecule has 6 nitrogen and oxygen atoms in total. The van der Waals surface area contributed by atoms with E-state index in [4.69, 9.17) is 4.52 Å². The fraction of sp³-hybridized carbons (Fsp3) is 0.583. The maximum absolute atomic E-state index is 10.5. The highest BCUT2D eigenvalue weighted by atomic mass is 32.1. The first-order valence-electron chi connectivity index (χ1n) is 6.33. The molecule has 19 heavy (non-hydrogen) atoms. The summed E-state index contributed by atoms with van der Waals surface area (Å²) in [6.45, 7) is 3.49. The number of nitrogens with zero attached hydrogens (tertiary/aromatic N) is 3. The normalized spacial score (nSPS) is 18.6. The summed E-state index contributed by atoms with van der Waals surface area (Å²) in [6, 6.07) is 0. The average molecular weight is 280 g/mol. The van der Waals surface area contributed by atoms with Crippen LogP contribution in [0.25, 0.3) is 0 Å². The highest BCUT2D eigenvalue weighted by Crippen LogP contribution is 2.29. The number of rotatable bonds is 3. The van der Waals surface area contributed by atoms with Gasteiger partial charge in [-0.1, -0.05) is 5.16 Å². The zero-order chi connectivity index (χ0) is 13.3. The Morgan fingerprint density at radius 1 is 1.42 bits per heavy atom. The number of hydrogen-bond acceptors (Lipinski definition) is 7. The van der Waals surface area contributed by atoms with E-state index in [2.05, 4.69) is 20.4 Å². The van der Waals surface area contributed by atoms with Crippen LogP contribution in [0.2, 0.25) is 0 Å². The average Bonchev–Trinajstić information content (AvgIpc) is 3.01. The minimum absolute atomic E-state index is 0.330. The van der Waals surface area contributed by atoms with Crippen LogP contribution in [0, 0.1) is 6.92 Å². The van der Waals surface area contributed by atoms with Crippen LogP contribution in [0.1, 0.15) is 35.3 Å². The lowest BCUT2D eigenvalue weighted by Crippen LogP contribution is -2.39. The van der Waals surface area contributed by atoms with Crippen LogP contribution in [-0.2, 0) is 12.0 Å². The fourth-order valence-corrected chi connectivity index (χ4v) is 2.83. The highest BCUT2D eigenvalue weighted by molar-refractivity contribution is 7.09. The molecule has 1 saturated heterocycles. The summed E-state index contributed by atoms with van der Waals surface area (Å²) < 4.78 is 5.22. The van der Waals surface area contributed by atoms with E-state index in [1.807, 2.05) is 12.3 Å². The first-order valence-corrected chi connectivity index (χ1v) is 7.21. The Balaban J connectivity index is 1.75. The Morgan fingerprint density at radius 3 is 2.89 bits per heavy atom. The first kappa shape index (κ1) is 12.7. The van der Waals surface area contributed by atoms with E-state index in [0.29, 0.717) is 31.0 Å². The molecule has 3 rings (SSSR count). The van der Waals surface area contributed by atoms with Crippen LogP contribution >= 0.6 is 11.3 Å². The number of hydrogen-bond donors (Lipinski definition) is 2. The third kappa shape index (κ3) is 2.68. The van der Waals surface area contributed by atoms with Crippen molar-refractivity contribution in [2.24, 2.45) is 0 Å². The molecule has 2 aromatic heterocycles. The molecule has 7 heteroatoms. The molecule has 0 unspecified atom stereocenters. The predicted octanol–water partition coefficient (Wildman–Crippen LogP) is 0.996. The molecule has 102 valence electrons. The van der Waals surface area contributed by atoms with Crippen LogP contribution in [0.15, 0.2) is 9.90 Å². The van der Waals surface area contributed by atoms with Crippen molar-refractivity contribution >= 4 is 11.3 Å². The summed E-state index contributed by atoms with van der Waals surface area (Å²) in [5, 5.41) is 20.6. The zero-order valence-corrected chi connectivity index (χ0v) is 11.5.